The van der Waals surface area contributed by atoms with Gasteiger partial charge in [0.2, 0.25) is 0 Å². The first-order chi connectivity index (χ1) is 13.1. The van der Waals surface area contributed by atoms with Crippen molar-refractivity contribution in [2.45, 2.75) is 52.0 Å². The van der Waals surface area contributed by atoms with Gasteiger partial charge >= 0.3 is 5.97 Å². The van der Waals surface area contributed by atoms with E-state index in [0.717, 1.165) is 55.9 Å². The van der Waals surface area contributed by atoms with Crippen molar-refractivity contribution < 1.29 is 14.3 Å². The molecule has 0 heterocycles. The summed E-state index contributed by atoms with van der Waals surface area (Å²) in [4.78, 5) is 16.2. The summed E-state index contributed by atoms with van der Waals surface area (Å²) >= 11 is 0. The number of esters is 1. The molecule has 0 aromatic heterocycles. The van der Waals surface area contributed by atoms with Gasteiger partial charge in [-0.1, -0.05) is 12.1 Å². The molecular weight excluding hydrogens is 342 g/mol. The van der Waals surface area contributed by atoms with Gasteiger partial charge in [0.25, 0.3) is 0 Å². The van der Waals surface area contributed by atoms with Crippen LogP contribution in [0.4, 0.5) is 0 Å². The molecule has 1 aromatic carbocycles. The number of nitrogens with zero attached hydrogens (tertiary/aromatic N) is 1. The first-order valence-corrected chi connectivity index (χ1v) is 9.84. The molecule has 0 radical (unpaired) electrons. The summed E-state index contributed by atoms with van der Waals surface area (Å²) < 4.78 is 10.5. The molecule has 0 amide bonds. The lowest BCUT2D eigenvalue weighted by atomic mass is 9.86. The van der Waals surface area contributed by atoms with Crippen LogP contribution in [0.5, 0.6) is 5.75 Å². The first-order valence-electron chi connectivity index (χ1n) is 9.84. The van der Waals surface area contributed by atoms with Crippen LogP contribution in [0.2, 0.25) is 0 Å². The predicted octanol–water partition coefficient (Wildman–Crippen LogP) is 2.83. The highest BCUT2D eigenvalue weighted by Crippen LogP contribution is 2.25. The highest BCUT2D eigenvalue weighted by atomic mass is 16.5. The zero-order valence-electron chi connectivity index (χ0n) is 17.0. The molecule has 1 aliphatic rings. The number of aryl methyl sites for hydroxylation is 1. The monoisotopic (exact) mass is 375 g/mol. The number of guanidine groups is 1. The van der Waals surface area contributed by atoms with E-state index < -0.39 is 0 Å². The van der Waals surface area contributed by atoms with Gasteiger partial charge in [-0.3, -0.25) is 9.79 Å². The molecule has 0 bridgehead atoms. The van der Waals surface area contributed by atoms with Gasteiger partial charge < -0.3 is 20.1 Å². The molecule has 0 unspecified atom stereocenters. The molecular formula is C21H33N3O3. The molecule has 150 valence electrons. The number of nitrogens with one attached hydrogen (secondary N) is 2. The van der Waals surface area contributed by atoms with E-state index in [0.29, 0.717) is 12.6 Å². The Morgan fingerprint density at radius 3 is 2.63 bits per heavy atom. The summed E-state index contributed by atoms with van der Waals surface area (Å²) in [7, 11) is 3.49. The summed E-state index contributed by atoms with van der Waals surface area (Å²) in [6.45, 7) is 5.15. The van der Waals surface area contributed by atoms with Crippen molar-refractivity contribution in [2.24, 2.45) is 10.9 Å². The van der Waals surface area contributed by atoms with Crippen LogP contribution in [0.3, 0.4) is 0 Å². The average molecular weight is 376 g/mol. The lowest BCUT2D eigenvalue weighted by Gasteiger charge is -2.29. The third-order valence-corrected chi connectivity index (χ3v) is 5.09. The Hall–Kier alpha value is -2.24. The highest BCUT2D eigenvalue weighted by molar-refractivity contribution is 5.80. The molecule has 6 heteroatoms. The van der Waals surface area contributed by atoms with Gasteiger partial charge in [0.1, 0.15) is 5.75 Å². The SMILES string of the molecule is CCOC(=O)C1CCC(NC(=NC)NCCc2ccc(C)c(OC)c2)CC1. The molecule has 0 aliphatic heterocycles. The van der Waals surface area contributed by atoms with Gasteiger partial charge in [-0.25, -0.2) is 0 Å². The normalized spacial score (nSPS) is 20.1. The van der Waals surface area contributed by atoms with Crippen molar-refractivity contribution in [3.63, 3.8) is 0 Å². The maximum absolute atomic E-state index is 11.8. The Labute approximate surface area is 162 Å². The molecule has 0 spiro atoms. The standard InChI is InChI=1S/C21H33N3O3/c1-5-27-20(25)17-8-10-18(11-9-17)24-21(22-3)23-13-12-16-7-6-15(2)19(14-16)26-4/h6-7,14,17-18H,5,8-13H2,1-4H3,(H2,22,23,24). The van der Waals surface area contributed by atoms with Gasteiger partial charge in [0.15, 0.2) is 5.96 Å². The molecule has 1 saturated carbocycles. The second kappa shape index (κ2) is 10.8. The smallest absolute Gasteiger partial charge is 0.308 e. The summed E-state index contributed by atoms with van der Waals surface area (Å²) in [6.07, 6.45) is 4.55. The van der Waals surface area contributed by atoms with Crippen molar-refractivity contribution in [1.82, 2.24) is 10.6 Å². The topological polar surface area (TPSA) is 72.0 Å². The molecule has 2 rings (SSSR count). The average Bonchev–Trinajstić information content (AvgIpc) is 2.69. The Kier molecular flexibility index (Phi) is 8.43. The molecule has 2 N–H and O–H groups in total. The van der Waals surface area contributed by atoms with E-state index in [1.165, 1.54) is 5.56 Å². The molecule has 0 saturated heterocycles. The van der Waals surface area contributed by atoms with Crippen LogP contribution in [-0.2, 0) is 16.0 Å². The van der Waals surface area contributed by atoms with Crippen LogP contribution in [-0.4, -0.2) is 45.3 Å². The van der Waals surface area contributed by atoms with Crippen molar-refractivity contribution >= 4 is 11.9 Å². The lowest BCUT2D eigenvalue weighted by molar-refractivity contribution is -0.149. The van der Waals surface area contributed by atoms with Crippen molar-refractivity contribution in [2.75, 3.05) is 27.3 Å². The Balaban J connectivity index is 1.74. The van der Waals surface area contributed by atoms with Gasteiger partial charge in [0.05, 0.1) is 19.6 Å². The number of rotatable bonds is 7. The lowest BCUT2D eigenvalue weighted by Crippen LogP contribution is -2.45. The van der Waals surface area contributed by atoms with Crippen LogP contribution in [0.15, 0.2) is 23.2 Å². The van der Waals surface area contributed by atoms with Gasteiger partial charge in [0, 0.05) is 19.6 Å². The van der Waals surface area contributed by atoms with E-state index in [1.54, 1.807) is 14.2 Å². The second-order valence-electron chi connectivity index (χ2n) is 7.00. The second-order valence-corrected chi connectivity index (χ2v) is 7.00. The van der Waals surface area contributed by atoms with Crippen molar-refractivity contribution in [3.05, 3.63) is 29.3 Å². The van der Waals surface area contributed by atoms with Crippen LogP contribution < -0.4 is 15.4 Å². The zero-order valence-corrected chi connectivity index (χ0v) is 17.0. The van der Waals surface area contributed by atoms with Crippen LogP contribution in [0.25, 0.3) is 0 Å². The maximum Gasteiger partial charge on any atom is 0.308 e. The van der Waals surface area contributed by atoms with Crippen molar-refractivity contribution in [1.29, 1.82) is 0 Å². The molecule has 1 fully saturated rings. The minimum atomic E-state index is -0.0491. The number of methoxy groups -OCH3 is 1. The highest BCUT2D eigenvalue weighted by Gasteiger charge is 2.27. The fourth-order valence-electron chi connectivity index (χ4n) is 3.47. The molecule has 0 atom stereocenters. The molecule has 1 aromatic rings. The Bertz CT molecular complexity index is 638. The number of benzene rings is 1. The van der Waals surface area contributed by atoms with Gasteiger partial charge in [-0.15, -0.1) is 0 Å². The number of hydrogen-bond acceptors (Lipinski definition) is 4. The van der Waals surface area contributed by atoms with Gasteiger partial charge in [-0.05, 0) is 63.1 Å². The van der Waals surface area contributed by atoms with E-state index in [9.17, 15) is 4.79 Å². The fraction of sp³-hybridized carbons (Fsp3) is 0.619. The van der Waals surface area contributed by atoms with Crippen LogP contribution >= 0.6 is 0 Å². The largest absolute Gasteiger partial charge is 0.496 e. The van der Waals surface area contributed by atoms with Crippen LogP contribution in [0, 0.1) is 12.8 Å². The molecule has 6 nitrogen and oxygen atoms in total. The predicted molar refractivity (Wildman–Crippen MR) is 108 cm³/mol. The number of aliphatic imine (C=N–C) groups is 1. The molecule has 1 aliphatic carbocycles. The van der Waals surface area contributed by atoms with E-state index in [4.69, 9.17) is 9.47 Å². The third kappa shape index (κ3) is 6.45. The zero-order chi connectivity index (χ0) is 19.6. The van der Waals surface area contributed by atoms with E-state index in [-0.39, 0.29) is 11.9 Å². The summed E-state index contributed by atoms with van der Waals surface area (Å²) in [5.74, 6) is 1.74. The Morgan fingerprint density at radius 1 is 1.26 bits per heavy atom. The number of ether oxygens (including phenoxy) is 2. The number of carbonyl (C=O) groups is 1. The quantitative estimate of drug-likeness (QED) is 0.436. The van der Waals surface area contributed by atoms with Crippen LogP contribution in [0.1, 0.15) is 43.7 Å². The number of hydrogen-bond donors (Lipinski definition) is 2. The minimum absolute atomic E-state index is 0.0491. The molecule has 27 heavy (non-hydrogen) atoms. The minimum Gasteiger partial charge on any atom is -0.496 e. The third-order valence-electron chi connectivity index (χ3n) is 5.09. The van der Waals surface area contributed by atoms with Gasteiger partial charge in [-0.2, -0.15) is 0 Å². The summed E-state index contributed by atoms with van der Waals surface area (Å²) in [5, 5.41) is 6.86. The first kappa shape index (κ1) is 21.1. The van der Waals surface area contributed by atoms with E-state index >= 15 is 0 Å². The summed E-state index contributed by atoms with van der Waals surface area (Å²) in [6, 6.07) is 6.65. The maximum atomic E-state index is 11.8. The Morgan fingerprint density at radius 2 is 2.00 bits per heavy atom. The van der Waals surface area contributed by atoms with E-state index in [1.807, 2.05) is 13.8 Å². The summed E-state index contributed by atoms with van der Waals surface area (Å²) in [5.41, 5.74) is 2.38. The number of carbonyl (C=O) groups excluding carboxylic acids is 1. The van der Waals surface area contributed by atoms with E-state index in [2.05, 4.69) is 33.8 Å². The fourth-order valence-corrected chi connectivity index (χ4v) is 3.47. The van der Waals surface area contributed by atoms with Crippen molar-refractivity contribution in [3.8, 4) is 5.75 Å².